The lowest BCUT2D eigenvalue weighted by Crippen LogP contribution is -2.55. The molecule has 0 radical (unpaired) electrons. The quantitative estimate of drug-likeness (QED) is 0.632. The minimum atomic E-state index is -4.29. The second kappa shape index (κ2) is 9.79. The van der Waals surface area contributed by atoms with Crippen LogP contribution < -0.4 is 4.72 Å². The molecule has 2 atom stereocenters. The Bertz CT molecular complexity index is 1170. The Morgan fingerprint density at radius 3 is 2.34 bits per heavy atom. The van der Waals surface area contributed by atoms with Gasteiger partial charge < -0.3 is 4.74 Å². The SMILES string of the molecule is CN(C)S(=O)(=O)N[C@@H]1[C@H](Cc2cccc(-c3ccccc3)c2F)N(C(=O)OC(C)(C)C)CC1(F)F. The van der Waals surface area contributed by atoms with Gasteiger partial charge in [0.25, 0.3) is 16.1 Å². The average Bonchev–Trinajstić information content (AvgIpc) is 2.99. The molecule has 11 heteroatoms. The predicted octanol–water partition coefficient (Wildman–Crippen LogP) is 4.05. The van der Waals surface area contributed by atoms with Crippen molar-refractivity contribution in [2.45, 2.75) is 50.8 Å². The molecule has 2 aromatic rings. The average molecular weight is 514 g/mol. The van der Waals surface area contributed by atoms with Gasteiger partial charge in [0.15, 0.2) is 0 Å². The van der Waals surface area contributed by atoms with Crippen LogP contribution >= 0.6 is 0 Å². The molecule has 1 fully saturated rings. The molecule has 1 saturated heterocycles. The van der Waals surface area contributed by atoms with Gasteiger partial charge in [-0.15, -0.1) is 0 Å². The Morgan fingerprint density at radius 2 is 1.77 bits per heavy atom. The number of amides is 1. The van der Waals surface area contributed by atoms with Crippen molar-refractivity contribution in [3.05, 3.63) is 59.9 Å². The molecule has 0 aliphatic carbocycles. The van der Waals surface area contributed by atoms with Gasteiger partial charge in [0.1, 0.15) is 17.5 Å². The lowest BCUT2D eigenvalue weighted by molar-refractivity contribution is -0.0125. The summed E-state index contributed by atoms with van der Waals surface area (Å²) in [5.41, 5.74) is -0.0485. The van der Waals surface area contributed by atoms with E-state index in [-0.39, 0.29) is 17.5 Å². The largest absolute Gasteiger partial charge is 0.444 e. The van der Waals surface area contributed by atoms with Gasteiger partial charge in [0.05, 0.1) is 12.6 Å². The van der Waals surface area contributed by atoms with Crippen molar-refractivity contribution in [1.29, 1.82) is 0 Å². The van der Waals surface area contributed by atoms with E-state index in [1.165, 1.54) is 20.2 Å². The minimum Gasteiger partial charge on any atom is -0.444 e. The number of carbonyl (C=O) groups excluding carboxylic acids is 1. The van der Waals surface area contributed by atoms with Crippen LogP contribution in [0.2, 0.25) is 0 Å². The maximum absolute atomic E-state index is 15.5. The van der Waals surface area contributed by atoms with Crippen LogP contribution in [0.4, 0.5) is 18.0 Å². The number of nitrogens with one attached hydrogen (secondary N) is 1. The smallest absolute Gasteiger partial charge is 0.410 e. The lowest BCUT2D eigenvalue weighted by atomic mass is 9.95. The molecule has 1 heterocycles. The van der Waals surface area contributed by atoms with E-state index in [9.17, 15) is 13.2 Å². The Kier molecular flexibility index (Phi) is 7.54. The van der Waals surface area contributed by atoms with Gasteiger partial charge in [-0.3, -0.25) is 4.90 Å². The first kappa shape index (κ1) is 27.0. The molecular formula is C24H30F3N3O4S. The molecule has 2 aromatic carbocycles. The fourth-order valence-corrected chi connectivity index (χ4v) is 4.75. The van der Waals surface area contributed by atoms with E-state index in [1.54, 1.807) is 63.2 Å². The summed E-state index contributed by atoms with van der Waals surface area (Å²) in [6.45, 7) is 3.68. The number of alkyl halides is 2. The van der Waals surface area contributed by atoms with Crippen molar-refractivity contribution in [2.24, 2.45) is 0 Å². The molecule has 0 unspecified atom stereocenters. The zero-order valence-electron chi connectivity index (χ0n) is 20.3. The van der Waals surface area contributed by atoms with Gasteiger partial charge in [-0.25, -0.2) is 18.0 Å². The number of hydrogen-bond acceptors (Lipinski definition) is 4. The maximum Gasteiger partial charge on any atom is 0.410 e. The summed E-state index contributed by atoms with van der Waals surface area (Å²) in [6, 6.07) is 9.89. The van der Waals surface area contributed by atoms with Gasteiger partial charge in [0.2, 0.25) is 0 Å². The molecular weight excluding hydrogens is 483 g/mol. The molecule has 1 aliphatic heterocycles. The molecule has 192 valence electrons. The molecule has 0 spiro atoms. The Balaban J connectivity index is 2.04. The van der Waals surface area contributed by atoms with E-state index in [0.29, 0.717) is 5.56 Å². The summed E-state index contributed by atoms with van der Waals surface area (Å²) in [7, 11) is -1.91. The standard InChI is InChI=1S/C24H30F3N3O4S/c1-23(2,3)34-22(31)30-15-24(26,27)21(28-35(32,33)29(4)5)19(30)14-17-12-9-13-18(20(17)25)16-10-7-6-8-11-16/h6-13,19,21,28H,14-15H2,1-5H3/t19-,21+/m0/s1. The molecule has 0 aromatic heterocycles. The van der Waals surface area contributed by atoms with Gasteiger partial charge in [-0.2, -0.15) is 17.4 Å². The summed E-state index contributed by atoms with van der Waals surface area (Å²) >= 11 is 0. The van der Waals surface area contributed by atoms with Crippen LogP contribution in [-0.4, -0.2) is 68.0 Å². The molecule has 1 N–H and O–H groups in total. The topological polar surface area (TPSA) is 79.0 Å². The third kappa shape index (κ3) is 6.14. The van der Waals surface area contributed by atoms with Crippen LogP contribution in [0.3, 0.4) is 0 Å². The Hall–Kier alpha value is -2.63. The number of likely N-dealkylation sites (tertiary alicyclic amines) is 1. The number of halogens is 3. The number of carbonyl (C=O) groups is 1. The van der Waals surface area contributed by atoms with Crippen LogP contribution in [-0.2, 0) is 21.4 Å². The summed E-state index contributed by atoms with van der Waals surface area (Å²) in [6.07, 6.45) is -1.39. The van der Waals surface area contributed by atoms with Crippen LogP contribution in [0.25, 0.3) is 11.1 Å². The van der Waals surface area contributed by atoms with Crippen LogP contribution in [0.1, 0.15) is 26.3 Å². The molecule has 1 aliphatic rings. The second-order valence-corrected chi connectivity index (χ2v) is 11.6. The van der Waals surface area contributed by atoms with Crippen molar-refractivity contribution in [3.8, 4) is 11.1 Å². The first-order chi connectivity index (χ1) is 16.1. The van der Waals surface area contributed by atoms with Gasteiger partial charge >= 0.3 is 6.09 Å². The highest BCUT2D eigenvalue weighted by Gasteiger charge is 2.58. The second-order valence-electron chi connectivity index (χ2n) is 9.67. The van der Waals surface area contributed by atoms with Crippen LogP contribution in [0, 0.1) is 5.82 Å². The number of benzene rings is 2. The third-order valence-electron chi connectivity index (χ3n) is 5.60. The van der Waals surface area contributed by atoms with Crippen molar-refractivity contribution in [2.75, 3.05) is 20.6 Å². The highest BCUT2D eigenvalue weighted by molar-refractivity contribution is 7.87. The highest BCUT2D eigenvalue weighted by atomic mass is 32.2. The van der Waals surface area contributed by atoms with Crippen molar-refractivity contribution >= 4 is 16.3 Å². The van der Waals surface area contributed by atoms with Gasteiger partial charge in [0, 0.05) is 19.7 Å². The van der Waals surface area contributed by atoms with Gasteiger partial charge in [-0.05, 0) is 38.3 Å². The monoisotopic (exact) mass is 513 g/mol. The molecule has 0 saturated carbocycles. The van der Waals surface area contributed by atoms with Crippen LogP contribution in [0.5, 0.6) is 0 Å². The number of hydrogen-bond donors (Lipinski definition) is 1. The van der Waals surface area contributed by atoms with E-state index >= 15 is 13.2 Å². The lowest BCUT2D eigenvalue weighted by Gasteiger charge is -2.31. The summed E-state index contributed by atoms with van der Waals surface area (Å²) in [5, 5.41) is 0. The highest BCUT2D eigenvalue weighted by Crippen LogP contribution is 2.37. The summed E-state index contributed by atoms with van der Waals surface area (Å²) in [4.78, 5) is 13.6. The minimum absolute atomic E-state index is 0.0664. The van der Waals surface area contributed by atoms with E-state index in [2.05, 4.69) is 0 Å². The van der Waals surface area contributed by atoms with E-state index < -0.39 is 52.3 Å². The molecule has 1 amide bonds. The fourth-order valence-electron chi connectivity index (χ4n) is 3.89. The zero-order valence-corrected chi connectivity index (χ0v) is 21.1. The van der Waals surface area contributed by atoms with Crippen molar-refractivity contribution in [3.63, 3.8) is 0 Å². The first-order valence-corrected chi connectivity index (χ1v) is 12.5. The first-order valence-electron chi connectivity index (χ1n) is 11.0. The van der Waals surface area contributed by atoms with Crippen molar-refractivity contribution < 1.29 is 31.1 Å². The summed E-state index contributed by atoms with van der Waals surface area (Å²) in [5.74, 6) is -4.26. The molecule has 35 heavy (non-hydrogen) atoms. The third-order valence-corrected chi connectivity index (χ3v) is 7.11. The predicted molar refractivity (Wildman–Crippen MR) is 127 cm³/mol. The molecule has 7 nitrogen and oxygen atoms in total. The Labute approximate surface area is 204 Å². The van der Waals surface area contributed by atoms with Crippen LogP contribution in [0.15, 0.2) is 48.5 Å². The fraction of sp³-hybridized carbons (Fsp3) is 0.458. The molecule has 0 bridgehead atoms. The normalized spacial score (nSPS) is 20.3. The molecule has 3 rings (SSSR count). The zero-order chi connectivity index (χ0) is 26.2. The summed E-state index contributed by atoms with van der Waals surface area (Å²) < 4.78 is 78.8. The number of nitrogens with zero attached hydrogens (tertiary/aromatic N) is 2. The number of rotatable bonds is 6. The van der Waals surface area contributed by atoms with E-state index in [0.717, 1.165) is 9.21 Å². The van der Waals surface area contributed by atoms with Gasteiger partial charge in [-0.1, -0.05) is 48.5 Å². The maximum atomic E-state index is 15.5. The van der Waals surface area contributed by atoms with E-state index in [1.807, 2.05) is 4.72 Å². The van der Waals surface area contributed by atoms with Crippen molar-refractivity contribution in [1.82, 2.24) is 13.9 Å². The van der Waals surface area contributed by atoms with E-state index in [4.69, 9.17) is 4.74 Å². The number of ether oxygens (including phenoxy) is 1. The Morgan fingerprint density at radius 1 is 1.14 bits per heavy atom.